The number of hydrogen-bond acceptors (Lipinski definition) is 5. The zero-order chi connectivity index (χ0) is 20.2. The first-order valence-corrected chi connectivity index (χ1v) is 13.0. The molecule has 2 aliphatic carbocycles. The second-order valence-electron chi connectivity index (χ2n) is 8.76. The van der Waals surface area contributed by atoms with Gasteiger partial charge in [-0.15, -0.1) is 0 Å². The van der Waals surface area contributed by atoms with Gasteiger partial charge in [-0.25, -0.2) is 8.42 Å². The van der Waals surface area contributed by atoms with E-state index in [4.69, 9.17) is 4.74 Å². The van der Waals surface area contributed by atoms with Gasteiger partial charge in [-0.05, 0) is 48.8 Å². The lowest BCUT2D eigenvalue weighted by Gasteiger charge is -2.36. The molecule has 6 nitrogen and oxygen atoms in total. The number of aliphatic imine (C=N–C) groups is 1. The van der Waals surface area contributed by atoms with E-state index in [1.807, 2.05) is 24.3 Å². The number of fused-ring (bicyclic) bond motifs is 3. The molecule has 4 fully saturated rings. The molecule has 29 heavy (non-hydrogen) atoms. The number of nitrogens with zero attached hydrogens (tertiary/aromatic N) is 2. The third-order valence-electron chi connectivity index (χ3n) is 6.90. The van der Waals surface area contributed by atoms with Crippen molar-refractivity contribution in [2.45, 2.75) is 49.4 Å². The predicted octanol–water partition coefficient (Wildman–Crippen LogP) is 2.52. The molecule has 4 aliphatic rings. The maximum Gasteiger partial charge on any atom is 0.252 e. The van der Waals surface area contributed by atoms with Gasteiger partial charge < -0.3 is 9.64 Å². The lowest BCUT2D eigenvalue weighted by atomic mass is 9.93. The van der Waals surface area contributed by atoms with E-state index in [-0.39, 0.29) is 35.1 Å². The van der Waals surface area contributed by atoms with Crippen molar-refractivity contribution in [3.8, 4) is 5.75 Å². The van der Waals surface area contributed by atoms with Crippen molar-refractivity contribution >= 4 is 32.7 Å². The van der Waals surface area contributed by atoms with Crippen molar-refractivity contribution in [3.63, 3.8) is 0 Å². The van der Waals surface area contributed by atoms with Gasteiger partial charge in [-0.2, -0.15) is 4.99 Å². The molecule has 2 bridgehead atoms. The first kappa shape index (κ1) is 19.4. The van der Waals surface area contributed by atoms with Gasteiger partial charge >= 0.3 is 0 Å². The smallest absolute Gasteiger partial charge is 0.252 e. The van der Waals surface area contributed by atoms with E-state index in [1.54, 1.807) is 7.11 Å². The summed E-state index contributed by atoms with van der Waals surface area (Å²) in [6, 6.07) is 7.77. The van der Waals surface area contributed by atoms with Crippen molar-refractivity contribution in [1.82, 2.24) is 4.90 Å². The lowest BCUT2D eigenvalue weighted by molar-refractivity contribution is -0.117. The molecule has 5 atom stereocenters. The SMILES string of the molecule is COc1ccc(CC(=O)N=C2S[C@@H]3CS(=O)(=O)C[C@@H]3N2[C@H]2C[C@H]3CC[C@H]2C3)cc1. The fraction of sp³-hybridized carbons (Fsp3) is 0.619. The molecule has 2 saturated carbocycles. The van der Waals surface area contributed by atoms with Crippen LogP contribution >= 0.6 is 11.8 Å². The second kappa shape index (κ2) is 7.30. The Hall–Kier alpha value is -1.54. The summed E-state index contributed by atoms with van der Waals surface area (Å²) in [5, 5.41) is 0.762. The number of ether oxygens (including phenoxy) is 1. The van der Waals surface area contributed by atoms with E-state index in [9.17, 15) is 13.2 Å². The molecular formula is C21H26N2O4S2. The average Bonchev–Trinajstić information content (AvgIpc) is 3.42. The van der Waals surface area contributed by atoms with Crippen LogP contribution in [0.25, 0.3) is 0 Å². The number of benzene rings is 1. The number of methoxy groups -OCH3 is 1. The Labute approximate surface area is 176 Å². The molecule has 0 radical (unpaired) electrons. The summed E-state index contributed by atoms with van der Waals surface area (Å²) in [6.07, 6.45) is 5.10. The number of carbonyl (C=O) groups is 1. The largest absolute Gasteiger partial charge is 0.497 e. The first-order valence-electron chi connectivity index (χ1n) is 10.3. The van der Waals surface area contributed by atoms with E-state index < -0.39 is 9.84 Å². The Kier molecular flexibility index (Phi) is 4.89. The summed E-state index contributed by atoms with van der Waals surface area (Å²) in [5.41, 5.74) is 0.900. The fourth-order valence-corrected chi connectivity index (χ4v) is 9.59. The van der Waals surface area contributed by atoms with Gasteiger partial charge in [0.25, 0.3) is 5.91 Å². The highest BCUT2D eigenvalue weighted by atomic mass is 32.2. The number of sulfone groups is 1. The summed E-state index contributed by atoms with van der Waals surface area (Å²) >= 11 is 1.51. The lowest BCUT2D eigenvalue weighted by Crippen LogP contribution is -2.47. The molecule has 1 aromatic carbocycles. The van der Waals surface area contributed by atoms with Crippen LogP contribution in [0.2, 0.25) is 0 Å². The zero-order valence-corrected chi connectivity index (χ0v) is 18.1. The van der Waals surface area contributed by atoms with E-state index >= 15 is 0 Å². The van der Waals surface area contributed by atoms with Gasteiger partial charge in [-0.3, -0.25) is 4.79 Å². The van der Waals surface area contributed by atoms with Crippen molar-refractivity contribution in [2.24, 2.45) is 16.8 Å². The van der Waals surface area contributed by atoms with Gasteiger partial charge in [-0.1, -0.05) is 30.3 Å². The standard InChI is InChI=1S/C21H26N2O4S2/c1-27-16-6-3-13(4-7-16)10-20(24)22-21-23(17-9-14-2-5-15(17)8-14)18-11-29(25,26)12-19(18)28-21/h3-4,6-7,14-15,17-19H,2,5,8-12H2,1H3/t14-,15-,17-,18-,19+/m0/s1. The first-order chi connectivity index (χ1) is 13.9. The quantitative estimate of drug-likeness (QED) is 0.725. The topological polar surface area (TPSA) is 76.0 Å². The predicted molar refractivity (Wildman–Crippen MR) is 114 cm³/mol. The Morgan fingerprint density at radius 2 is 1.97 bits per heavy atom. The number of rotatable bonds is 4. The highest BCUT2D eigenvalue weighted by molar-refractivity contribution is 8.15. The molecule has 1 aromatic rings. The van der Waals surface area contributed by atoms with E-state index in [0.29, 0.717) is 12.0 Å². The number of amidine groups is 1. The van der Waals surface area contributed by atoms with Crippen molar-refractivity contribution < 1.29 is 17.9 Å². The fourth-order valence-electron chi connectivity index (χ4n) is 5.59. The minimum absolute atomic E-state index is 0.00617. The Balaban J connectivity index is 1.37. The molecule has 5 rings (SSSR count). The van der Waals surface area contributed by atoms with E-state index in [2.05, 4.69) is 9.89 Å². The van der Waals surface area contributed by atoms with Crippen molar-refractivity contribution in [1.29, 1.82) is 0 Å². The molecule has 0 N–H and O–H groups in total. The van der Waals surface area contributed by atoms with Gasteiger partial charge in [0.05, 0.1) is 31.1 Å². The molecule has 1 amide bonds. The number of thioether (sulfide) groups is 1. The van der Waals surface area contributed by atoms with Crippen molar-refractivity contribution in [2.75, 3.05) is 18.6 Å². The normalized spacial score (nSPS) is 36.0. The van der Waals surface area contributed by atoms with Crippen molar-refractivity contribution in [3.05, 3.63) is 29.8 Å². The van der Waals surface area contributed by atoms with Gasteiger partial charge in [0, 0.05) is 11.3 Å². The monoisotopic (exact) mass is 434 g/mol. The Morgan fingerprint density at radius 1 is 1.17 bits per heavy atom. The van der Waals surface area contributed by atoms with Gasteiger partial charge in [0.1, 0.15) is 5.75 Å². The Morgan fingerprint density at radius 3 is 2.62 bits per heavy atom. The highest BCUT2D eigenvalue weighted by Crippen LogP contribution is 2.51. The summed E-state index contributed by atoms with van der Waals surface area (Å²) < 4.78 is 29.6. The third-order valence-corrected chi connectivity index (χ3v) is 10.1. The summed E-state index contributed by atoms with van der Waals surface area (Å²) in [7, 11) is -1.39. The van der Waals surface area contributed by atoms with Crippen LogP contribution in [-0.4, -0.2) is 60.3 Å². The van der Waals surface area contributed by atoms with E-state index in [0.717, 1.165) is 28.8 Å². The molecule has 0 spiro atoms. The van der Waals surface area contributed by atoms with Crippen LogP contribution in [0.15, 0.2) is 29.3 Å². The van der Waals surface area contributed by atoms with Crippen LogP contribution in [0.5, 0.6) is 5.75 Å². The van der Waals surface area contributed by atoms with Crippen LogP contribution in [0.4, 0.5) is 0 Å². The zero-order valence-electron chi connectivity index (χ0n) is 16.5. The second-order valence-corrected chi connectivity index (χ2v) is 12.1. The number of hydrogen-bond donors (Lipinski definition) is 0. The maximum absolute atomic E-state index is 12.7. The van der Waals surface area contributed by atoms with Crippen LogP contribution in [0.3, 0.4) is 0 Å². The molecule has 0 unspecified atom stereocenters. The molecule has 2 saturated heterocycles. The number of amides is 1. The van der Waals surface area contributed by atoms with Crippen LogP contribution in [0, 0.1) is 11.8 Å². The van der Waals surface area contributed by atoms with Crippen LogP contribution in [-0.2, 0) is 21.1 Å². The minimum Gasteiger partial charge on any atom is -0.497 e. The van der Waals surface area contributed by atoms with Crippen LogP contribution < -0.4 is 4.74 Å². The molecule has 2 heterocycles. The molecule has 156 valence electrons. The Bertz CT molecular complexity index is 944. The molecule has 2 aliphatic heterocycles. The average molecular weight is 435 g/mol. The maximum atomic E-state index is 12.7. The summed E-state index contributed by atoms with van der Waals surface area (Å²) in [6.45, 7) is 0. The molecule has 0 aromatic heterocycles. The highest BCUT2D eigenvalue weighted by Gasteiger charge is 2.54. The van der Waals surface area contributed by atoms with E-state index in [1.165, 1.54) is 31.0 Å². The molecule has 8 heteroatoms. The van der Waals surface area contributed by atoms with Crippen LogP contribution in [0.1, 0.15) is 31.2 Å². The number of carbonyl (C=O) groups excluding carboxylic acids is 1. The third kappa shape index (κ3) is 3.69. The van der Waals surface area contributed by atoms with Gasteiger partial charge in [0.15, 0.2) is 15.0 Å². The summed E-state index contributed by atoms with van der Waals surface area (Å²) in [5.74, 6) is 2.35. The van der Waals surface area contributed by atoms with Gasteiger partial charge in [0.2, 0.25) is 0 Å². The minimum atomic E-state index is -3.00. The summed E-state index contributed by atoms with van der Waals surface area (Å²) in [4.78, 5) is 19.5. The molecular weight excluding hydrogens is 408 g/mol.